The van der Waals surface area contributed by atoms with Gasteiger partial charge in [-0.15, -0.1) is 0 Å². The van der Waals surface area contributed by atoms with E-state index in [1.165, 1.54) is 17.0 Å². The molecule has 1 heterocycles. The van der Waals surface area contributed by atoms with Crippen LogP contribution >= 0.6 is 0 Å². The molecule has 1 aromatic rings. The maximum absolute atomic E-state index is 12.7. The third-order valence-corrected chi connectivity index (χ3v) is 3.51. The summed E-state index contributed by atoms with van der Waals surface area (Å²) in [6.45, 7) is 1.36. The Labute approximate surface area is 136 Å². The minimum Gasteiger partial charge on any atom is -0.366 e. The Kier molecular flexibility index (Phi) is 5.79. The molecular formula is C15H18F3N3O3. The molecule has 9 heteroatoms. The van der Waals surface area contributed by atoms with Gasteiger partial charge in [0.25, 0.3) is 5.91 Å². The number of alkyl halides is 3. The van der Waals surface area contributed by atoms with Crippen molar-refractivity contribution < 1.29 is 27.5 Å². The Bertz CT molecular complexity index is 605. The van der Waals surface area contributed by atoms with E-state index < -0.39 is 23.8 Å². The summed E-state index contributed by atoms with van der Waals surface area (Å²) in [4.78, 5) is 25.6. The third kappa shape index (κ3) is 4.68. The second kappa shape index (κ2) is 7.63. The summed E-state index contributed by atoms with van der Waals surface area (Å²) in [5, 5.41) is 2.35. The largest absolute Gasteiger partial charge is 0.416 e. The molecule has 1 saturated heterocycles. The molecule has 24 heavy (non-hydrogen) atoms. The summed E-state index contributed by atoms with van der Waals surface area (Å²) in [7, 11) is 0. The van der Waals surface area contributed by atoms with Gasteiger partial charge in [-0.1, -0.05) is 6.07 Å². The monoisotopic (exact) mass is 345 g/mol. The highest BCUT2D eigenvalue weighted by atomic mass is 19.4. The van der Waals surface area contributed by atoms with E-state index in [1.54, 1.807) is 0 Å². The number of nitrogens with two attached hydrogens (primary N) is 1. The van der Waals surface area contributed by atoms with Gasteiger partial charge in [-0.2, -0.15) is 13.2 Å². The molecule has 0 unspecified atom stereocenters. The van der Waals surface area contributed by atoms with E-state index in [9.17, 15) is 22.8 Å². The third-order valence-electron chi connectivity index (χ3n) is 3.51. The summed E-state index contributed by atoms with van der Waals surface area (Å²) < 4.78 is 43.2. The van der Waals surface area contributed by atoms with Gasteiger partial charge in [0.15, 0.2) is 0 Å². The van der Waals surface area contributed by atoms with Crippen molar-refractivity contribution in [3.63, 3.8) is 0 Å². The van der Waals surface area contributed by atoms with Crippen LogP contribution in [0.3, 0.4) is 0 Å². The van der Waals surface area contributed by atoms with E-state index in [1.807, 2.05) is 0 Å². The van der Waals surface area contributed by atoms with Gasteiger partial charge in [-0.25, -0.2) is 0 Å². The highest BCUT2D eigenvalue weighted by Gasteiger charge is 2.32. The number of rotatable bonds is 5. The smallest absolute Gasteiger partial charge is 0.366 e. The van der Waals surface area contributed by atoms with Crippen molar-refractivity contribution >= 4 is 17.5 Å². The predicted molar refractivity (Wildman–Crippen MR) is 80.1 cm³/mol. The zero-order valence-electron chi connectivity index (χ0n) is 12.8. The summed E-state index contributed by atoms with van der Waals surface area (Å²) in [5.74, 6) is -0.937. The van der Waals surface area contributed by atoms with Crippen molar-refractivity contribution in [3.8, 4) is 0 Å². The Balaban J connectivity index is 1.97. The van der Waals surface area contributed by atoms with E-state index >= 15 is 0 Å². The van der Waals surface area contributed by atoms with Gasteiger partial charge in [0.2, 0.25) is 5.91 Å². The molecule has 132 valence electrons. The Morgan fingerprint density at radius 2 is 2.17 bits per heavy atom. The number of anilines is 1. The average molecular weight is 345 g/mol. The van der Waals surface area contributed by atoms with Gasteiger partial charge < -0.3 is 20.7 Å². The first kappa shape index (κ1) is 18.2. The van der Waals surface area contributed by atoms with Crippen molar-refractivity contribution in [2.45, 2.75) is 18.7 Å². The van der Waals surface area contributed by atoms with Crippen LogP contribution in [-0.2, 0) is 20.5 Å². The van der Waals surface area contributed by atoms with Crippen molar-refractivity contribution in [1.82, 2.24) is 4.90 Å². The number of hydrogen-bond acceptors (Lipinski definition) is 4. The number of nitrogens with one attached hydrogen (secondary N) is 1. The molecule has 1 atom stereocenters. The molecule has 2 rings (SSSR count). The SMILES string of the molecule is NCCN1CCO[C@@H](CC(=O)Nc2cccc(C(F)(F)F)c2)C1=O. The molecule has 6 nitrogen and oxygen atoms in total. The van der Waals surface area contributed by atoms with E-state index in [0.29, 0.717) is 19.6 Å². The fourth-order valence-corrected chi connectivity index (χ4v) is 2.37. The molecule has 0 spiro atoms. The highest BCUT2D eigenvalue weighted by molar-refractivity contribution is 5.95. The number of carbonyl (C=O) groups excluding carboxylic acids is 2. The lowest BCUT2D eigenvalue weighted by atomic mass is 10.1. The Morgan fingerprint density at radius 1 is 1.42 bits per heavy atom. The summed E-state index contributed by atoms with van der Waals surface area (Å²) in [6, 6.07) is 4.29. The van der Waals surface area contributed by atoms with Gasteiger partial charge in [-0.3, -0.25) is 9.59 Å². The first-order valence-electron chi connectivity index (χ1n) is 7.39. The van der Waals surface area contributed by atoms with Crippen LogP contribution in [0.25, 0.3) is 0 Å². The van der Waals surface area contributed by atoms with Crippen LogP contribution in [0.1, 0.15) is 12.0 Å². The molecule has 0 bridgehead atoms. The minimum atomic E-state index is -4.49. The molecule has 0 radical (unpaired) electrons. The number of hydrogen-bond donors (Lipinski definition) is 2. The van der Waals surface area contributed by atoms with Gasteiger partial charge in [0.05, 0.1) is 18.6 Å². The molecule has 1 aliphatic heterocycles. The first-order valence-corrected chi connectivity index (χ1v) is 7.39. The van der Waals surface area contributed by atoms with Gasteiger partial charge >= 0.3 is 6.18 Å². The van der Waals surface area contributed by atoms with Crippen LogP contribution in [0, 0.1) is 0 Å². The predicted octanol–water partition coefficient (Wildman–Crippen LogP) is 1.22. The van der Waals surface area contributed by atoms with Crippen LogP contribution in [0.4, 0.5) is 18.9 Å². The van der Waals surface area contributed by atoms with Crippen molar-refractivity contribution in [2.24, 2.45) is 5.73 Å². The second-order valence-corrected chi connectivity index (χ2v) is 5.30. The molecule has 3 N–H and O–H groups in total. The van der Waals surface area contributed by atoms with Gasteiger partial charge in [-0.05, 0) is 18.2 Å². The maximum Gasteiger partial charge on any atom is 0.416 e. The van der Waals surface area contributed by atoms with E-state index in [4.69, 9.17) is 10.5 Å². The first-order chi connectivity index (χ1) is 11.3. The van der Waals surface area contributed by atoms with Gasteiger partial charge in [0.1, 0.15) is 6.10 Å². The summed E-state index contributed by atoms with van der Waals surface area (Å²) in [6.07, 6.45) is -5.71. The number of nitrogens with zero attached hydrogens (tertiary/aromatic N) is 1. The molecule has 1 aromatic carbocycles. The maximum atomic E-state index is 12.7. The van der Waals surface area contributed by atoms with Crippen molar-refractivity contribution in [1.29, 1.82) is 0 Å². The normalized spacial score (nSPS) is 18.6. The number of ether oxygens (including phenoxy) is 1. The molecule has 0 aliphatic carbocycles. The zero-order chi connectivity index (χ0) is 17.7. The standard InChI is InChI=1S/C15H18F3N3O3/c16-15(17,18)10-2-1-3-11(8-10)20-13(22)9-12-14(23)21(5-4-19)6-7-24-12/h1-3,8,12H,4-7,9,19H2,(H,20,22)/t12-/m0/s1. The topological polar surface area (TPSA) is 84.7 Å². The summed E-state index contributed by atoms with van der Waals surface area (Å²) in [5.41, 5.74) is 4.56. The fraction of sp³-hybridized carbons (Fsp3) is 0.467. The second-order valence-electron chi connectivity index (χ2n) is 5.30. The van der Waals surface area contributed by atoms with Crippen LogP contribution in [0.15, 0.2) is 24.3 Å². The fourth-order valence-electron chi connectivity index (χ4n) is 2.37. The van der Waals surface area contributed by atoms with Crippen LogP contribution in [0.2, 0.25) is 0 Å². The van der Waals surface area contributed by atoms with Crippen LogP contribution in [0.5, 0.6) is 0 Å². The molecule has 0 saturated carbocycles. The van der Waals surface area contributed by atoms with Crippen molar-refractivity contribution in [3.05, 3.63) is 29.8 Å². The Hall–Kier alpha value is -2.13. The van der Waals surface area contributed by atoms with Gasteiger partial charge in [0, 0.05) is 25.3 Å². The molecule has 2 amide bonds. The molecule has 1 fully saturated rings. The van der Waals surface area contributed by atoms with E-state index in [0.717, 1.165) is 12.1 Å². The average Bonchev–Trinajstić information content (AvgIpc) is 2.51. The van der Waals surface area contributed by atoms with Crippen LogP contribution in [-0.4, -0.2) is 49.1 Å². The quantitative estimate of drug-likeness (QED) is 0.840. The number of benzene rings is 1. The lowest BCUT2D eigenvalue weighted by molar-refractivity contribution is -0.154. The lowest BCUT2D eigenvalue weighted by Crippen LogP contribution is -2.50. The molecule has 0 aromatic heterocycles. The van der Waals surface area contributed by atoms with Crippen molar-refractivity contribution in [2.75, 3.05) is 31.6 Å². The van der Waals surface area contributed by atoms with E-state index in [-0.39, 0.29) is 24.6 Å². The number of carbonyl (C=O) groups is 2. The highest BCUT2D eigenvalue weighted by Crippen LogP contribution is 2.30. The van der Waals surface area contributed by atoms with Crippen LogP contribution < -0.4 is 11.1 Å². The zero-order valence-corrected chi connectivity index (χ0v) is 12.8. The van der Waals surface area contributed by atoms with E-state index in [2.05, 4.69) is 5.32 Å². The summed E-state index contributed by atoms with van der Waals surface area (Å²) >= 11 is 0. The lowest BCUT2D eigenvalue weighted by Gasteiger charge is -2.31. The molecule has 1 aliphatic rings. The minimum absolute atomic E-state index is 0.0110. The number of halogens is 3. The Morgan fingerprint density at radius 3 is 2.83 bits per heavy atom. The molecular weight excluding hydrogens is 327 g/mol. The number of morpholine rings is 1. The number of amides is 2.